The zero-order valence-electron chi connectivity index (χ0n) is 31.1. The van der Waals surface area contributed by atoms with Gasteiger partial charge in [0, 0.05) is 53.1 Å². The van der Waals surface area contributed by atoms with Crippen molar-refractivity contribution in [2.75, 3.05) is 16.8 Å². The van der Waals surface area contributed by atoms with Gasteiger partial charge in [0.2, 0.25) is 5.91 Å². The minimum Gasteiger partial charge on any atom is -0.341 e. The van der Waals surface area contributed by atoms with E-state index >= 15 is 8.78 Å². The van der Waals surface area contributed by atoms with Gasteiger partial charge in [-0.2, -0.15) is 0 Å². The standard InChI is InChI=1S/C41H45F4N7O2/c1-20(2)51-19-46-31-17-29(47-36(35(31)51)48-30-16-27(21(3)33(42)34(30)43)37(53)49-41(10-11-41)38(44)45)23-7-9-28-32(13-23)52(39(54)40(28,4)5)26-14-25(15-26)50-18-22-6-8-24(50)12-22/h7,9,13,16-17,19-20,22,24-26,38H,6,8,10-12,14-15,18H2,1-5H3,(H,47,48)(H,49,53)/t22-,24+,25-,26+/m0/s1. The third-order valence-corrected chi connectivity index (χ3v) is 13.0. The summed E-state index contributed by atoms with van der Waals surface area (Å²) >= 11 is 0. The van der Waals surface area contributed by atoms with Gasteiger partial charge in [-0.05, 0) is 109 Å². The Labute approximate surface area is 311 Å². The van der Waals surface area contributed by atoms with E-state index in [0.717, 1.165) is 41.6 Å². The van der Waals surface area contributed by atoms with E-state index in [0.29, 0.717) is 28.8 Å². The van der Waals surface area contributed by atoms with E-state index in [1.807, 2.05) is 61.4 Å². The number of nitrogens with one attached hydrogen (secondary N) is 2. The minimum absolute atomic E-state index is 0.0722. The molecule has 13 heteroatoms. The molecule has 2 aromatic heterocycles. The van der Waals surface area contributed by atoms with Gasteiger partial charge < -0.3 is 20.1 Å². The average Bonchev–Trinajstić information content (AvgIpc) is 3.40. The molecule has 2 bridgehead atoms. The van der Waals surface area contributed by atoms with Crippen LogP contribution in [0, 0.1) is 24.5 Å². The number of halogens is 4. The van der Waals surface area contributed by atoms with Gasteiger partial charge in [-0.25, -0.2) is 27.5 Å². The second-order valence-corrected chi connectivity index (χ2v) is 17.1. The Kier molecular flexibility index (Phi) is 7.98. The van der Waals surface area contributed by atoms with E-state index in [4.69, 9.17) is 4.98 Å². The summed E-state index contributed by atoms with van der Waals surface area (Å²) < 4.78 is 60.3. The molecule has 0 radical (unpaired) electrons. The first kappa shape index (κ1) is 35.2. The van der Waals surface area contributed by atoms with Crippen molar-refractivity contribution >= 4 is 40.0 Å². The molecule has 3 aliphatic carbocycles. The van der Waals surface area contributed by atoms with Crippen LogP contribution < -0.4 is 15.5 Å². The van der Waals surface area contributed by atoms with Gasteiger partial charge >= 0.3 is 0 Å². The molecule has 4 aromatic rings. The summed E-state index contributed by atoms with van der Waals surface area (Å²) in [5.41, 5.74) is 0.838. The molecule has 284 valence electrons. The number of rotatable bonds is 9. The number of nitrogens with zero attached hydrogens (tertiary/aromatic N) is 5. The maximum atomic E-state index is 15.7. The summed E-state index contributed by atoms with van der Waals surface area (Å²) in [6, 6.07) is 10.1. The molecule has 3 saturated carbocycles. The molecule has 9 nitrogen and oxygen atoms in total. The molecule has 0 unspecified atom stereocenters. The van der Waals surface area contributed by atoms with Crippen LogP contribution in [-0.2, 0) is 10.2 Å². The Morgan fingerprint density at radius 3 is 2.39 bits per heavy atom. The molecule has 2 amide bonds. The first-order valence-corrected chi connectivity index (χ1v) is 19.1. The normalized spacial score (nSPS) is 25.2. The molecule has 2 atom stereocenters. The van der Waals surface area contributed by atoms with Crippen LogP contribution in [0.4, 0.5) is 34.8 Å². The Bertz CT molecular complexity index is 2220. The van der Waals surface area contributed by atoms with Gasteiger partial charge in [0.05, 0.1) is 28.6 Å². The van der Waals surface area contributed by atoms with Crippen LogP contribution >= 0.6 is 0 Å². The SMILES string of the molecule is Cc1c(C(=O)NC2(C(F)F)CC2)cc(Nc2nc(-c3ccc4c(c3)N([C@H]3C[C@@H](N5C[C@H]6CC[C@@H]5C6)C3)C(=O)C4(C)C)cc3ncn(C(C)C)c23)c(F)c1F. The number of carbonyl (C=O) groups excluding carboxylic acids is 2. The maximum absolute atomic E-state index is 15.7. The second kappa shape index (κ2) is 12.2. The summed E-state index contributed by atoms with van der Waals surface area (Å²) in [5, 5.41) is 5.30. The molecule has 54 heavy (non-hydrogen) atoms. The fraction of sp³-hybridized carbons (Fsp3) is 0.512. The van der Waals surface area contributed by atoms with E-state index in [9.17, 15) is 18.4 Å². The Balaban J connectivity index is 1.07. The molecular weight excluding hydrogens is 698 g/mol. The van der Waals surface area contributed by atoms with Crippen LogP contribution in [0.1, 0.15) is 100 Å². The van der Waals surface area contributed by atoms with Crippen molar-refractivity contribution < 1.29 is 27.2 Å². The second-order valence-electron chi connectivity index (χ2n) is 17.1. The summed E-state index contributed by atoms with van der Waals surface area (Å²) in [4.78, 5) is 41.5. The highest BCUT2D eigenvalue weighted by Crippen LogP contribution is 2.50. The van der Waals surface area contributed by atoms with E-state index in [2.05, 4.69) is 20.5 Å². The van der Waals surface area contributed by atoms with Crippen LogP contribution in [0.5, 0.6) is 0 Å². The van der Waals surface area contributed by atoms with Crippen LogP contribution in [0.25, 0.3) is 22.3 Å². The molecule has 1 saturated heterocycles. The van der Waals surface area contributed by atoms with Crippen molar-refractivity contribution in [2.24, 2.45) is 5.92 Å². The fourth-order valence-electron chi connectivity index (χ4n) is 9.44. The first-order chi connectivity index (χ1) is 25.7. The number of likely N-dealkylation sites (tertiary alicyclic amines) is 1. The third kappa shape index (κ3) is 5.35. The summed E-state index contributed by atoms with van der Waals surface area (Å²) in [6.07, 6.45) is 4.88. The molecule has 2 aliphatic heterocycles. The number of carbonyl (C=O) groups is 2. The predicted octanol–water partition coefficient (Wildman–Crippen LogP) is 8.18. The molecule has 2 aromatic carbocycles. The topological polar surface area (TPSA) is 95.4 Å². The van der Waals surface area contributed by atoms with Gasteiger partial charge in [0.25, 0.3) is 12.3 Å². The number of imidazole rings is 1. The van der Waals surface area contributed by atoms with Gasteiger partial charge in [-0.3, -0.25) is 14.5 Å². The van der Waals surface area contributed by atoms with Crippen LogP contribution in [0.3, 0.4) is 0 Å². The predicted molar refractivity (Wildman–Crippen MR) is 198 cm³/mol. The summed E-state index contributed by atoms with van der Waals surface area (Å²) in [7, 11) is 0. The zero-order valence-corrected chi connectivity index (χ0v) is 31.1. The molecular formula is C41H45F4N7O2. The van der Waals surface area contributed by atoms with Crippen LogP contribution in [0.15, 0.2) is 36.7 Å². The molecule has 2 N–H and O–H groups in total. The largest absolute Gasteiger partial charge is 0.341 e. The number of hydrogen-bond donors (Lipinski definition) is 2. The molecule has 9 rings (SSSR count). The quantitative estimate of drug-likeness (QED) is 0.168. The van der Waals surface area contributed by atoms with E-state index in [1.165, 1.54) is 32.7 Å². The number of alkyl halides is 2. The van der Waals surface area contributed by atoms with E-state index in [1.54, 1.807) is 6.33 Å². The fourth-order valence-corrected chi connectivity index (χ4v) is 9.44. The highest BCUT2D eigenvalue weighted by atomic mass is 19.3. The summed E-state index contributed by atoms with van der Waals surface area (Å²) in [6.45, 7) is 10.3. The average molecular weight is 744 g/mol. The first-order valence-electron chi connectivity index (χ1n) is 19.1. The van der Waals surface area contributed by atoms with Gasteiger partial charge in [-0.15, -0.1) is 0 Å². The van der Waals surface area contributed by atoms with Gasteiger partial charge in [-0.1, -0.05) is 12.1 Å². The van der Waals surface area contributed by atoms with Crippen molar-refractivity contribution in [1.82, 2.24) is 24.8 Å². The van der Waals surface area contributed by atoms with Crippen molar-refractivity contribution in [3.05, 3.63) is 65.0 Å². The van der Waals surface area contributed by atoms with E-state index < -0.39 is 34.9 Å². The number of pyridine rings is 1. The monoisotopic (exact) mass is 743 g/mol. The lowest BCUT2D eigenvalue weighted by Crippen LogP contribution is -2.57. The van der Waals surface area contributed by atoms with Crippen LogP contribution in [-0.4, -0.2) is 67.9 Å². The highest BCUT2D eigenvalue weighted by molar-refractivity contribution is 6.09. The molecule has 4 heterocycles. The van der Waals surface area contributed by atoms with Crippen LogP contribution in [0.2, 0.25) is 0 Å². The molecule has 5 aliphatic rings. The number of hydrogen-bond acceptors (Lipinski definition) is 6. The minimum atomic E-state index is -2.78. The Morgan fingerprint density at radius 1 is 0.981 bits per heavy atom. The van der Waals surface area contributed by atoms with Crippen molar-refractivity contribution in [2.45, 2.75) is 121 Å². The maximum Gasteiger partial charge on any atom is 0.261 e. The number of anilines is 3. The number of amides is 2. The number of benzene rings is 2. The molecule has 4 fully saturated rings. The van der Waals surface area contributed by atoms with Gasteiger partial charge in [0.15, 0.2) is 17.5 Å². The summed E-state index contributed by atoms with van der Waals surface area (Å²) in [5.74, 6) is -2.33. The third-order valence-electron chi connectivity index (χ3n) is 13.0. The smallest absolute Gasteiger partial charge is 0.261 e. The lowest BCUT2D eigenvalue weighted by molar-refractivity contribution is -0.123. The number of piperidine rings is 1. The van der Waals surface area contributed by atoms with E-state index in [-0.39, 0.29) is 53.5 Å². The Hall–Kier alpha value is -4.52. The molecule has 0 spiro atoms. The lowest BCUT2D eigenvalue weighted by Gasteiger charge is -2.48. The lowest BCUT2D eigenvalue weighted by atomic mass is 9.82. The Morgan fingerprint density at radius 2 is 1.74 bits per heavy atom. The zero-order chi connectivity index (χ0) is 38.0. The van der Waals surface area contributed by atoms with Crippen molar-refractivity contribution in [1.29, 1.82) is 0 Å². The van der Waals surface area contributed by atoms with Gasteiger partial charge in [0.1, 0.15) is 11.1 Å². The highest BCUT2D eigenvalue weighted by Gasteiger charge is 2.53. The van der Waals surface area contributed by atoms with Crippen molar-refractivity contribution in [3.8, 4) is 11.3 Å². The number of aromatic nitrogens is 3. The number of fused-ring (bicyclic) bond motifs is 4. The van der Waals surface area contributed by atoms with Crippen molar-refractivity contribution in [3.63, 3.8) is 0 Å².